The number of benzene rings is 5. The van der Waals surface area contributed by atoms with Gasteiger partial charge in [-0.25, -0.2) is 0 Å². The lowest BCUT2D eigenvalue weighted by atomic mass is 10.2. The zero-order valence-corrected chi connectivity index (χ0v) is 32.9. The van der Waals surface area contributed by atoms with Gasteiger partial charge in [-0.2, -0.15) is 0 Å². The van der Waals surface area contributed by atoms with E-state index in [4.69, 9.17) is 8.85 Å². The summed E-state index contributed by atoms with van der Waals surface area (Å²) in [6, 6.07) is 55.7. The third-order valence-corrected chi connectivity index (χ3v) is 20.8. The fourth-order valence-corrected chi connectivity index (χ4v) is 17.6. The van der Waals surface area contributed by atoms with Crippen LogP contribution >= 0.6 is 0 Å². The number of nitrogens with zero attached hydrogens (tertiary/aromatic N) is 1. The van der Waals surface area contributed by atoms with Gasteiger partial charge >= 0.3 is 0 Å². The second-order valence-corrected chi connectivity index (χ2v) is 24.6. The van der Waals surface area contributed by atoms with E-state index in [1.807, 2.05) is 0 Å². The van der Waals surface area contributed by atoms with Gasteiger partial charge in [0.2, 0.25) is 0 Å². The van der Waals surface area contributed by atoms with E-state index in [0.717, 1.165) is 19.4 Å². The molecule has 5 aromatic rings. The summed E-state index contributed by atoms with van der Waals surface area (Å²) >= 11 is 0. The van der Waals surface area contributed by atoms with Crippen molar-refractivity contribution < 1.29 is 8.85 Å². The largest absolute Gasteiger partial charge is 0.406 e. The molecule has 1 aliphatic heterocycles. The molecule has 0 unspecified atom stereocenters. The van der Waals surface area contributed by atoms with E-state index in [-0.39, 0.29) is 22.2 Å². The highest BCUT2D eigenvalue weighted by Gasteiger charge is 2.53. The van der Waals surface area contributed by atoms with E-state index in [2.05, 4.69) is 198 Å². The number of rotatable bonds is 12. The van der Waals surface area contributed by atoms with Gasteiger partial charge in [0.05, 0.1) is 13.2 Å². The average molecular weight is 698 g/mol. The Morgan fingerprint density at radius 2 is 0.740 bits per heavy atom. The molecule has 1 fully saturated rings. The maximum atomic E-state index is 7.57. The Labute approximate surface area is 303 Å². The summed E-state index contributed by atoms with van der Waals surface area (Å²) in [7, 11) is -5.35. The Morgan fingerprint density at radius 3 is 1.02 bits per heavy atom. The lowest BCUT2D eigenvalue weighted by molar-refractivity contribution is 0.0978. The number of hydrogen-bond acceptors (Lipinski definition) is 3. The molecule has 2 atom stereocenters. The maximum Gasteiger partial charge on any atom is 0.261 e. The third kappa shape index (κ3) is 7.26. The smallest absolute Gasteiger partial charge is 0.261 e. The minimum atomic E-state index is -2.67. The van der Waals surface area contributed by atoms with Gasteiger partial charge in [-0.15, -0.1) is 0 Å². The second-order valence-electron chi connectivity index (χ2n) is 16.0. The summed E-state index contributed by atoms with van der Waals surface area (Å²) in [4.78, 5) is 2.71. The molecule has 0 spiro atoms. The van der Waals surface area contributed by atoms with Gasteiger partial charge in [0.25, 0.3) is 16.6 Å². The molecule has 50 heavy (non-hydrogen) atoms. The lowest BCUT2D eigenvalue weighted by Crippen LogP contribution is -2.67. The van der Waals surface area contributed by atoms with Gasteiger partial charge in [0.1, 0.15) is 0 Å². The second kappa shape index (κ2) is 15.3. The van der Waals surface area contributed by atoms with Gasteiger partial charge < -0.3 is 8.85 Å². The molecule has 3 nitrogen and oxygen atoms in total. The molecule has 0 aliphatic carbocycles. The summed E-state index contributed by atoms with van der Waals surface area (Å²) < 4.78 is 15.1. The zero-order chi connectivity index (χ0) is 35.2. The lowest BCUT2D eigenvalue weighted by Gasteiger charge is -2.45. The van der Waals surface area contributed by atoms with E-state index in [1.54, 1.807) is 0 Å². The van der Waals surface area contributed by atoms with Crippen LogP contribution < -0.4 is 20.7 Å². The van der Waals surface area contributed by atoms with Gasteiger partial charge in [-0.05, 0) is 49.2 Å². The van der Waals surface area contributed by atoms with E-state index in [9.17, 15) is 0 Å². The van der Waals surface area contributed by atoms with Crippen LogP contribution in [0.4, 0.5) is 0 Å². The van der Waals surface area contributed by atoms with Crippen LogP contribution in [-0.4, -0.2) is 46.8 Å². The van der Waals surface area contributed by atoms with E-state index in [0.29, 0.717) is 13.2 Å². The van der Waals surface area contributed by atoms with Crippen LogP contribution in [-0.2, 0) is 15.4 Å². The highest BCUT2D eigenvalue weighted by atomic mass is 28.4. The monoisotopic (exact) mass is 697 g/mol. The summed E-state index contributed by atoms with van der Waals surface area (Å²) in [5.41, 5.74) is 1.33. The average Bonchev–Trinajstić information content (AvgIpc) is 3.50. The summed E-state index contributed by atoms with van der Waals surface area (Å²) in [5.74, 6) is 0. The fourth-order valence-electron chi connectivity index (χ4n) is 8.39. The molecule has 0 N–H and O–H groups in total. The summed E-state index contributed by atoms with van der Waals surface area (Å²) in [5, 5.41) is 5.20. The molecule has 0 radical (unpaired) electrons. The first-order valence-corrected chi connectivity index (χ1v) is 22.2. The van der Waals surface area contributed by atoms with Crippen LogP contribution in [0.3, 0.4) is 0 Å². The Hall–Kier alpha value is -3.59. The first-order chi connectivity index (χ1) is 24.1. The Bertz CT molecular complexity index is 1560. The Balaban J connectivity index is 1.35. The van der Waals surface area contributed by atoms with Crippen LogP contribution in [0.25, 0.3) is 0 Å². The van der Waals surface area contributed by atoms with E-state index in [1.165, 1.54) is 26.3 Å². The normalized spacial score (nSPS) is 17.6. The van der Waals surface area contributed by atoms with Gasteiger partial charge in [-0.3, -0.25) is 4.90 Å². The molecule has 1 saturated heterocycles. The van der Waals surface area contributed by atoms with Crippen LogP contribution in [0.5, 0.6) is 0 Å². The minimum absolute atomic E-state index is 0.0651. The summed E-state index contributed by atoms with van der Waals surface area (Å²) in [6.45, 7) is 16.5. The van der Waals surface area contributed by atoms with Crippen molar-refractivity contribution in [2.24, 2.45) is 0 Å². The maximum absolute atomic E-state index is 7.57. The summed E-state index contributed by atoms with van der Waals surface area (Å²) in [6.07, 6.45) is 2.17. The van der Waals surface area contributed by atoms with Crippen molar-refractivity contribution in [1.29, 1.82) is 0 Å². The topological polar surface area (TPSA) is 21.7 Å². The van der Waals surface area contributed by atoms with Crippen molar-refractivity contribution in [3.05, 3.63) is 157 Å². The molecule has 6 rings (SSSR count). The molecule has 0 saturated carbocycles. The molecular weight excluding hydrogens is 643 g/mol. The number of hydrogen-bond donors (Lipinski definition) is 0. The first kappa shape index (κ1) is 36.2. The SMILES string of the molecule is CC(C)(C)[Si](OC[C@H]1CC[C@H](CO[Si](c2ccccc2)(c2ccccc2)C(C)(C)C)N1Cc1ccccc1)(c1ccccc1)c1ccccc1. The van der Waals surface area contributed by atoms with Gasteiger partial charge in [0, 0.05) is 18.6 Å². The molecule has 0 amide bonds. The molecule has 1 heterocycles. The third-order valence-electron chi connectivity index (χ3n) is 10.8. The van der Waals surface area contributed by atoms with Crippen LogP contribution in [0.15, 0.2) is 152 Å². The highest BCUT2D eigenvalue weighted by molar-refractivity contribution is 7.00. The molecule has 260 valence electrons. The molecule has 0 bridgehead atoms. The van der Waals surface area contributed by atoms with Crippen LogP contribution in [0.1, 0.15) is 59.9 Å². The van der Waals surface area contributed by atoms with Crippen molar-refractivity contribution in [1.82, 2.24) is 4.90 Å². The van der Waals surface area contributed by atoms with E-state index < -0.39 is 16.6 Å². The van der Waals surface area contributed by atoms with Gasteiger partial charge in [0.15, 0.2) is 0 Å². The Kier molecular flexibility index (Phi) is 11.1. The standard InChI is InChI=1S/C45H55NO2Si2/c1-44(2,3)49(40-24-14-8-15-25-40,41-26-16-9-17-27-41)47-35-38-32-33-39(46(38)34-37-22-12-7-13-23-37)36-48-50(45(4,5)6,42-28-18-10-19-29-42)43-30-20-11-21-31-43/h7-31,38-39H,32-36H2,1-6H3/t38-,39-/m1/s1. The van der Waals surface area contributed by atoms with Crippen molar-refractivity contribution in [3.8, 4) is 0 Å². The van der Waals surface area contributed by atoms with Crippen LogP contribution in [0.2, 0.25) is 10.1 Å². The van der Waals surface area contributed by atoms with Crippen molar-refractivity contribution >= 4 is 37.4 Å². The number of likely N-dealkylation sites (tertiary alicyclic amines) is 1. The highest BCUT2D eigenvalue weighted by Crippen LogP contribution is 2.40. The predicted molar refractivity (Wildman–Crippen MR) is 216 cm³/mol. The predicted octanol–water partition coefficient (Wildman–Crippen LogP) is 8.17. The van der Waals surface area contributed by atoms with Crippen molar-refractivity contribution in [2.75, 3.05) is 13.2 Å². The van der Waals surface area contributed by atoms with Crippen molar-refractivity contribution in [2.45, 2.75) is 83.1 Å². The molecular formula is C45H55NO2Si2. The molecule has 5 heteroatoms. The minimum Gasteiger partial charge on any atom is -0.406 e. The fraction of sp³-hybridized carbons (Fsp3) is 0.333. The van der Waals surface area contributed by atoms with E-state index >= 15 is 0 Å². The molecule has 1 aliphatic rings. The van der Waals surface area contributed by atoms with Crippen molar-refractivity contribution in [3.63, 3.8) is 0 Å². The zero-order valence-electron chi connectivity index (χ0n) is 30.9. The quantitative estimate of drug-likeness (QED) is 0.123. The Morgan fingerprint density at radius 1 is 0.460 bits per heavy atom. The molecule has 0 aromatic heterocycles. The van der Waals surface area contributed by atoms with Gasteiger partial charge in [-0.1, -0.05) is 193 Å². The first-order valence-electron chi connectivity index (χ1n) is 18.4. The van der Waals surface area contributed by atoms with Crippen LogP contribution in [0, 0.1) is 0 Å². The molecule has 5 aromatic carbocycles.